The number of hydrogen-bond acceptors (Lipinski definition) is 6. The number of imidazole rings is 1. The van der Waals surface area contributed by atoms with Crippen LogP contribution in [0.1, 0.15) is 11.3 Å². The zero-order valence-electron chi connectivity index (χ0n) is 15.9. The van der Waals surface area contributed by atoms with Gasteiger partial charge in [-0.15, -0.1) is 11.3 Å². The third-order valence-corrected chi connectivity index (χ3v) is 5.26. The fourth-order valence-corrected chi connectivity index (χ4v) is 3.78. The van der Waals surface area contributed by atoms with Gasteiger partial charge < -0.3 is 14.8 Å². The Morgan fingerprint density at radius 1 is 1.27 bits per heavy atom. The van der Waals surface area contributed by atoms with Crippen LogP contribution in [-0.4, -0.2) is 27.4 Å². The van der Waals surface area contributed by atoms with E-state index in [4.69, 9.17) is 21.1 Å². The van der Waals surface area contributed by atoms with Crippen LogP contribution < -0.4 is 14.8 Å². The zero-order chi connectivity index (χ0) is 20.9. The van der Waals surface area contributed by atoms with Gasteiger partial charge in [-0.05, 0) is 35.9 Å². The number of nitrogens with one attached hydrogen (secondary N) is 1. The number of nitrogens with zero attached hydrogens (tertiary/aromatic N) is 3. The first kappa shape index (κ1) is 19.9. The third-order valence-electron chi connectivity index (χ3n) is 4.22. The van der Waals surface area contributed by atoms with E-state index >= 15 is 0 Å². The van der Waals surface area contributed by atoms with Gasteiger partial charge in [0.25, 0.3) is 0 Å². The molecule has 0 bridgehead atoms. The quantitative estimate of drug-likeness (QED) is 0.422. The van der Waals surface area contributed by atoms with Gasteiger partial charge in [0.05, 0.1) is 12.8 Å². The maximum atomic E-state index is 12.4. The zero-order valence-corrected chi connectivity index (χ0v) is 17.5. The van der Waals surface area contributed by atoms with Crippen molar-refractivity contribution in [3.63, 3.8) is 0 Å². The van der Waals surface area contributed by atoms with Crippen molar-refractivity contribution >= 4 is 45.6 Å². The van der Waals surface area contributed by atoms with E-state index in [1.807, 2.05) is 28.1 Å². The molecule has 1 N–H and O–H groups in total. The number of benzene rings is 1. The van der Waals surface area contributed by atoms with E-state index in [2.05, 4.69) is 15.3 Å². The summed E-state index contributed by atoms with van der Waals surface area (Å²) in [6, 6.07) is 8.94. The highest BCUT2D eigenvalue weighted by Gasteiger charge is 2.10. The van der Waals surface area contributed by atoms with Crippen LogP contribution in [0, 0.1) is 0 Å². The maximum Gasteiger partial charge on any atom is 0.248 e. The van der Waals surface area contributed by atoms with Crippen LogP contribution in [0.25, 0.3) is 11.0 Å². The number of amides is 1. The van der Waals surface area contributed by atoms with Gasteiger partial charge in [-0.3, -0.25) is 14.2 Å². The Hall–Kier alpha value is -3.36. The lowest BCUT2D eigenvalue weighted by molar-refractivity contribution is -0.111. The number of aromatic nitrogens is 3. The summed E-state index contributed by atoms with van der Waals surface area (Å²) in [6.45, 7) is 0.354. The number of fused-ring (bicyclic) bond motifs is 1. The number of ether oxygens (including phenoxy) is 2. The lowest BCUT2D eigenvalue weighted by Crippen LogP contribution is -2.08. The predicted octanol–water partition coefficient (Wildman–Crippen LogP) is 4.68. The summed E-state index contributed by atoms with van der Waals surface area (Å²) < 4.78 is 13.0. The summed E-state index contributed by atoms with van der Waals surface area (Å²) in [5, 5.41) is 5.07. The number of halogens is 1. The largest absolute Gasteiger partial charge is 0.493 e. The predicted molar refractivity (Wildman–Crippen MR) is 117 cm³/mol. The van der Waals surface area contributed by atoms with Crippen molar-refractivity contribution in [3.05, 3.63) is 76.8 Å². The average Bonchev–Trinajstić information content (AvgIpc) is 3.32. The third kappa shape index (κ3) is 4.45. The smallest absolute Gasteiger partial charge is 0.248 e. The van der Waals surface area contributed by atoms with Gasteiger partial charge in [0, 0.05) is 41.8 Å². The molecule has 0 saturated heterocycles. The maximum absolute atomic E-state index is 12.4. The Balaban J connectivity index is 1.46. The van der Waals surface area contributed by atoms with Gasteiger partial charge in [-0.25, -0.2) is 4.98 Å². The van der Waals surface area contributed by atoms with E-state index in [1.54, 1.807) is 43.8 Å². The molecule has 0 aliphatic carbocycles. The summed E-state index contributed by atoms with van der Waals surface area (Å²) in [5.74, 6) is 0.792. The molecule has 0 spiro atoms. The van der Waals surface area contributed by atoms with Crippen molar-refractivity contribution in [2.45, 2.75) is 6.61 Å². The fourth-order valence-electron chi connectivity index (χ4n) is 2.77. The number of methoxy groups -OCH3 is 1. The van der Waals surface area contributed by atoms with Crippen LogP contribution in [0.5, 0.6) is 11.5 Å². The normalized spacial score (nSPS) is 11.1. The second kappa shape index (κ2) is 8.98. The SMILES string of the molecule is COc1ccc(NC(=O)/C=C/c2c(Cl)nc3sccn23)cc1OCc1ccncc1. The van der Waals surface area contributed by atoms with Crippen molar-refractivity contribution in [1.29, 1.82) is 0 Å². The summed E-state index contributed by atoms with van der Waals surface area (Å²) >= 11 is 7.62. The number of anilines is 1. The number of carbonyl (C=O) groups excluding carboxylic acids is 1. The first-order valence-electron chi connectivity index (χ1n) is 8.94. The van der Waals surface area contributed by atoms with Crippen LogP contribution in [0.15, 0.2) is 60.4 Å². The monoisotopic (exact) mass is 440 g/mol. The summed E-state index contributed by atoms with van der Waals surface area (Å²) in [6.07, 6.45) is 8.31. The van der Waals surface area contributed by atoms with Gasteiger partial charge in [0.1, 0.15) is 6.61 Å². The first-order chi connectivity index (χ1) is 14.6. The van der Waals surface area contributed by atoms with Crippen LogP contribution in [0.2, 0.25) is 5.15 Å². The highest BCUT2D eigenvalue weighted by molar-refractivity contribution is 7.15. The molecule has 0 radical (unpaired) electrons. The van der Waals surface area contributed by atoms with E-state index < -0.39 is 0 Å². The van der Waals surface area contributed by atoms with E-state index in [-0.39, 0.29) is 5.91 Å². The second-order valence-electron chi connectivity index (χ2n) is 6.18. The van der Waals surface area contributed by atoms with E-state index in [0.717, 1.165) is 10.5 Å². The topological polar surface area (TPSA) is 77.8 Å². The van der Waals surface area contributed by atoms with Crippen molar-refractivity contribution < 1.29 is 14.3 Å². The van der Waals surface area contributed by atoms with Crippen molar-refractivity contribution in [1.82, 2.24) is 14.4 Å². The van der Waals surface area contributed by atoms with Gasteiger partial charge in [-0.2, -0.15) is 0 Å². The Morgan fingerprint density at radius 3 is 2.90 bits per heavy atom. The van der Waals surface area contributed by atoms with E-state index in [1.165, 1.54) is 17.4 Å². The lowest BCUT2D eigenvalue weighted by atomic mass is 10.2. The number of hydrogen-bond donors (Lipinski definition) is 1. The Kier molecular flexibility index (Phi) is 5.97. The van der Waals surface area contributed by atoms with Crippen LogP contribution in [0.4, 0.5) is 5.69 Å². The van der Waals surface area contributed by atoms with Gasteiger partial charge in [-0.1, -0.05) is 11.6 Å². The molecule has 4 aromatic rings. The molecule has 4 rings (SSSR count). The van der Waals surface area contributed by atoms with Crippen LogP contribution in [-0.2, 0) is 11.4 Å². The molecule has 1 amide bonds. The molecule has 9 heteroatoms. The Morgan fingerprint density at radius 2 is 2.10 bits per heavy atom. The van der Waals surface area contributed by atoms with Crippen molar-refractivity contribution in [3.8, 4) is 11.5 Å². The van der Waals surface area contributed by atoms with E-state index in [0.29, 0.717) is 34.6 Å². The standard InChI is InChI=1S/C21H17ClN4O3S/c1-28-17-4-2-15(12-18(17)29-13-14-6-8-23-9-7-14)24-19(27)5-3-16-20(22)25-21-26(16)10-11-30-21/h2-12H,13H2,1H3,(H,24,27)/b5-3+. The minimum Gasteiger partial charge on any atom is -0.493 e. The summed E-state index contributed by atoms with van der Waals surface area (Å²) in [4.78, 5) is 21.4. The minimum absolute atomic E-state index is 0.304. The molecule has 1 aromatic carbocycles. The minimum atomic E-state index is -0.304. The molecule has 0 atom stereocenters. The van der Waals surface area contributed by atoms with Gasteiger partial charge >= 0.3 is 0 Å². The molecule has 0 fully saturated rings. The number of thiazole rings is 1. The molecule has 0 saturated carbocycles. The molecular formula is C21H17ClN4O3S. The molecule has 3 aromatic heterocycles. The van der Waals surface area contributed by atoms with Crippen LogP contribution in [0.3, 0.4) is 0 Å². The fraction of sp³-hybridized carbons (Fsp3) is 0.0952. The Labute approximate surface area is 181 Å². The number of carbonyl (C=O) groups is 1. The Bertz CT molecular complexity index is 1200. The van der Waals surface area contributed by atoms with Crippen molar-refractivity contribution in [2.75, 3.05) is 12.4 Å². The second-order valence-corrected chi connectivity index (χ2v) is 7.41. The number of pyridine rings is 1. The molecule has 0 aliphatic rings. The number of rotatable bonds is 7. The summed E-state index contributed by atoms with van der Waals surface area (Å²) in [7, 11) is 1.57. The van der Waals surface area contributed by atoms with Crippen LogP contribution >= 0.6 is 22.9 Å². The van der Waals surface area contributed by atoms with Gasteiger partial charge in [0.15, 0.2) is 21.6 Å². The van der Waals surface area contributed by atoms with E-state index in [9.17, 15) is 4.79 Å². The molecule has 30 heavy (non-hydrogen) atoms. The molecule has 7 nitrogen and oxygen atoms in total. The average molecular weight is 441 g/mol. The molecule has 0 unspecified atom stereocenters. The highest BCUT2D eigenvalue weighted by atomic mass is 35.5. The summed E-state index contributed by atoms with van der Waals surface area (Å²) in [5.41, 5.74) is 2.20. The molecule has 0 aliphatic heterocycles. The van der Waals surface area contributed by atoms with Gasteiger partial charge in [0.2, 0.25) is 5.91 Å². The van der Waals surface area contributed by atoms with Crippen molar-refractivity contribution in [2.24, 2.45) is 0 Å². The highest BCUT2D eigenvalue weighted by Crippen LogP contribution is 2.31. The molecule has 152 valence electrons. The molecule has 3 heterocycles. The first-order valence-corrected chi connectivity index (χ1v) is 10.2. The lowest BCUT2D eigenvalue weighted by Gasteiger charge is -2.12. The molecular weight excluding hydrogens is 424 g/mol.